The summed E-state index contributed by atoms with van der Waals surface area (Å²) in [5.74, 6) is 1.72. The maximum atomic E-state index is 5.59. The Balaban J connectivity index is 1.89. The number of ether oxygens (including phenoxy) is 1. The largest absolute Gasteiger partial charge is 0.384 e. The molecule has 0 aromatic heterocycles. The van der Waals surface area contributed by atoms with Crippen LogP contribution in [0.15, 0.2) is 27.8 Å². The zero-order chi connectivity index (χ0) is 20.7. The van der Waals surface area contributed by atoms with E-state index in [-0.39, 0.29) is 0 Å². The van der Waals surface area contributed by atoms with Crippen LogP contribution < -0.4 is 5.32 Å². The van der Waals surface area contributed by atoms with Gasteiger partial charge in [-0.15, -0.1) is 0 Å². The minimum absolute atomic E-state index is 0.360. The normalized spacial score (nSPS) is 29.5. The van der Waals surface area contributed by atoms with Crippen LogP contribution in [0, 0.1) is 44.4 Å². The molecule has 1 aromatic carbocycles. The predicted molar refractivity (Wildman–Crippen MR) is 122 cm³/mol. The Morgan fingerprint density at radius 1 is 1.17 bits per heavy atom. The number of methoxy groups -OCH3 is 1. The topological polar surface area (TPSA) is 46.0 Å². The van der Waals surface area contributed by atoms with E-state index in [0.29, 0.717) is 29.7 Å². The number of fused-ring (bicyclic) bond motifs is 3. The van der Waals surface area contributed by atoms with Gasteiger partial charge in [0.25, 0.3) is 0 Å². The highest BCUT2D eigenvalue weighted by Crippen LogP contribution is 2.46. The van der Waals surface area contributed by atoms with E-state index in [9.17, 15) is 0 Å². The molecule has 3 heterocycles. The number of aliphatic imine (C=N–C) groups is 2. The lowest BCUT2D eigenvalue weighted by Crippen LogP contribution is -2.48. The zero-order valence-corrected chi connectivity index (χ0v) is 18.7. The molecule has 0 saturated carbocycles. The third-order valence-electron chi connectivity index (χ3n) is 7.20. The average Bonchev–Trinajstić information content (AvgIpc) is 3.16. The number of hydrogen-bond donors (Lipinski definition) is 1. The SMILES string of the molecule is CCC(COC)C1C=NC(c2c(C)cc(C)cc2C)=C2N=C(C)C3CCNC3C21. The Kier molecular flexibility index (Phi) is 5.76. The molecule has 156 valence electrons. The number of rotatable bonds is 5. The molecule has 0 amide bonds. The van der Waals surface area contributed by atoms with Crippen molar-refractivity contribution >= 4 is 17.6 Å². The van der Waals surface area contributed by atoms with Crippen molar-refractivity contribution in [2.45, 2.75) is 53.5 Å². The van der Waals surface area contributed by atoms with Crippen LogP contribution in [-0.4, -0.2) is 38.2 Å². The summed E-state index contributed by atoms with van der Waals surface area (Å²) in [5.41, 5.74) is 8.68. The molecule has 5 atom stereocenters. The fourth-order valence-corrected chi connectivity index (χ4v) is 5.92. The Bertz CT molecular complexity index is 859. The Hall–Kier alpha value is -1.78. The third kappa shape index (κ3) is 3.51. The first-order valence-corrected chi connectivity index (χ1v) is 11.1. The predicted octanol–water partition coefficient (Wildman–Crippen LogP) is 4.72. The van der Waals surface area contributed by atoms with E-state index in [1.807, 2.05) is 7.11 Å². The van der Waals surface area contributed by atoms with Crippen LogP contribution in [0.4, 0.5) is 0 Å². The Morgan fingerprint density at radius 3 is 2.55 bits per heavy atom. The minimum atomic E-state index is 0.360. The molecule has 0 radical (unpaired) electrons. The van der Waals surface area contributed by atoms with Crippen molar-refractivity contribution in [1.82, 2.24) is 5.32 Å². The minimum Gasteiger partial charge on any atom is -0.384 e. The van der Waals surface area contributed by atoms with Crippen molar-refractivity contribution < 1.29 is 4.74 Å². The van der Waals surface area contributed by atoms with Crippen LogP contribution in [0.2, 0.25) is 0 Å². The second-order valence-electron chi connectivity index (χ2n) is 9.14. The molecule has 0 spiro atoms. The molecule has 3 aliphatic heterocycles. The molecular formula is C25H35N3O. The molecule has 29 heavy (non-hydrogen) atoms. The third-order valence-corrected chi connectivity index (χ3v) is 7.20. The van der Waals surface area contributed by atoms with E-state index in [1.54, 1.807) is 0 Å². The second-order valence-corrected chi connectivity index (χ2v) is 9.14. The van der Waals surface area contributed by atoms with Crippen molar-refractivity contribution in [2.75, 3.05) is 20.3 Å². The zero-order valence-electron chi connectivity index (χ0n) is 18.7. The lowest BCUT2D eigenvalue weighted by atomic mass is 9.69. The molecule has 0 aliphatic carbocycles. The van der Waals surface area contributed by atoms with E-state index >= 15 is 0 Å². The van der Waals surface area contributed by atoms with Gasteiger partial charge in [-0.1, -0.05) is 31.0 Å². The van der Waals surface area contributed by atoms with Gasteiger partial charge < -0.3 is 10.1 Å². The highest BCUT2D eigenvalue weighted by molar-refractivity contribution is 5.92. The van der Waals surface area contributed by atoms with Crippen LogP contribution in [-0.2, 0) is 4.74 Å². The molecule has 4 heteroatoms. The first-order valence-electron chi connectivity index (χ1n) is 11.1. The van der Waals surface area contributed by atoms with Gasteiger partial charge in [0.05, 0.1) is 11.4 Å². The van der Waals surface area contributed by atoms with Gasteiger partial charge in [-0.25, -0.2) is 0 Å². The maximum absolute atomic E-state index is 5.59. The molecular weight excluding hydrogens is 358 g/mol. The van der Waals surface area contributed by atoms with Crippen molar-refractivity contribution in [1.29, 1.82) is 0 Å². The number of hydrogen-bond acceptors (Lipinski definition) is 4. The van der Waals surface area contributed by atoms with Gasteiger partial charge >= 0.3 is 0 Å². The highest BCUT2D eigenvalue weighted by atomic mass is 16.5. The summed E-state index contributed by atoms with van der Waals surface area (Å²) in [6.07, 6.45) is 4.50. The van der Waals surface area contributed by atoms with Gasteiger partial charge in [0.1, 0.15) is 0 Å². The molecule has 1 saturated heterocycles. The van der Waals surface area contributed by atoms with E-state index in [0.717, 1.165) is 25.3 Å². The van der Waals surface area contributed by atoms with Gasteiger partial charge in [-0.2, -0.15) is 0 Å². The fourth-order valence-electron chi connectivity index (χ4n) is 5.92. The lowest BCUT2D eigenvalue weighted by molar-refractivity contribution is 0.114. The fraction of sp³-hybridized carbons (Fsp3) is 0.600. The number of nitrogens with zero attached hydrogens (tertiary/aromatic N) is 2. The van der Waals surface area contributed by atoms with Crippen molar-refractivity contribution in [2.24, 2.45) is 33.7 Å². The standard InChI is InChI=1S/C25H35N3O/c1-7-18(13-29-6)20-12-27-24(21-15(3)10-14(2)11-16(21)4)25-22(20)23-19(8-9-26-23)17(5)28-25/h10-12,18-20,22-23,26H,7-9,13H2,1-6H3. The first-order chi connectivity index (χ1) is 14.0. The molecule has 5 unspecified atom stereocenters. The van der Waals surface area contributed by atoms with Gasteiger partial charge in [0.15, 0.2) is 0 Å². The molecule has 4 nitrogen and oxygen atoms in total. The highest BCUT2D eigenvalue weighted by Gasteiger charge is 2.47. The second kappa shape index (κ2) is 8.16. The van der Waals surface area contributed by atoms with E-state index in [2.05, 4.69) is 58.3 Å². The van der Waals surface area contributed by atoms with Crippen LogP contribution in [0.25, 0.3) is 5.70 Å². The molecule has 3 aliphatic rings. The Labute approximate surface area is 175 Å². The molecule has 1 fully saturated rings. The summed E-state index contributed by atoms with van der Waals surface area (Å²) in [6, 6.07) is 4.98. The van der Waals surface area contributed by atoms with Crippen molar-refractivity contribution in [3.63, 3.8) is 0 Å². The van der Waals surface area contributed by atoms with E-state index in [1.165, 1.54) is 40.1 Å². The average molecular weight is 394 g/mol. The van der Waals surface area contributed by atoms with Crippen LogP contribution in [0.3, 0.4) is 0 Å². The smallest absolute Gasteiger partial charge is 0.0921 e. The van der Waals surface area contributed by atoms with Gasteiger partial charge in [0, 0.05) is 55.0 Å². The Morgan fingerprint density at radius 2 is 1.90 bits per heavy atom. The van der Waals surface area contributed by atoms with E-state index < -0.39 is 0 Å². The van der Waals surface area contributed by atoms with Gasteiger partial charge in [-0.05, 0) is 57.7 Å². The lowest BCUT2D eigenvalue weighted by Gasteiger charge is -2.42. The first kappa shape index (κ1) is 20.5. The summed E-state index contributed by atoms with van der Waals surface area (Å²) in [5, 5.41) is 3.83. The summed E-state index contributed by atoms with van der Waals surface area (Å²) < 4.78 is 5.59. The summed E-state index contributed by atoms with van der Waals surface area (Å²) in [4.78, 5) is 10.3. The van der Waals surface area contributed by atoms with Crippen LogP contribution in [0.5, 0.6) is 0 Å². The monoisotopic (exact) mass is 393 g/mol. The molecule has 4 rings (SSSR count). The summed E-state index contributed by atoms with van der Waals surface area (Å²) in [6.45, 7) is 12.9. The van der Waals surface area contributed by atoms with E-state index in [4.69, 9.17) is 14.7 Å². The van der Waals surface area contributed by atoms with Gasteiger partial charge in [0.2, 0.25) is 0 Å². The summed E-state index contributed by atoms with van der Waals surface area (Å²) in [7, 11) is 1.81. The van der Waals surface area contributed by atoms with Crippen LogP contribution in [0.1, 0.15) is 48.9 Å². The number of aryl methyl sites for hydroxylation is 3. The molecule has 0 bridgehead atoms. The van der Waals surface area contributed by atoms with Crippen LogP contribution >= 0.6 is 0 Å². The number of nitrogens with one attached hydrogen (secondary N) is 1. The van der Waals surface area contributed by atoms with Gasteiger partial charge in [-0.3, -0.25) is 9.98 Å². The maximum Gasteiger partial charge on any atom is 0.0921 e. The quantitative estimate of drug-likeness (QED) is 0.786. The molecule has 1 aromatic rings. The molecule has 1 N–H and O–H groups in total. The van der Waals surface area contributed by atoms with Crippen molar-refractivity contribution in [3.8, 4) is 0 Å². The van der Waals surface area contributed by atoms with Crippen molar-refractivity contribution in [3.05, 3.63) is 40.1 Å². The summed E-state index contributed by atoms with van der Waals surface area (Å²) >= 11 is 0. The number of benzene rings is 1.